The lowest BCUT2D eigenvalue weighted by Crippen LogP contribution is -2.41. The van der Waals surface area contributed by atoms with Gasteiger partial charge in [0.25, 0.3) is 0 Å². The Bertz CT molecular complexity index is 210. The highest BCUT2D eigenvalue weighted by Gasteiger charge is 2.34. The lowest BCUT2D eigenvalue weighted by atomic mass is 10.2. The molecular formula is C7H13ClN2O3. The SMILES string of the molecule is Cl.NCCN1C(=O)CC[C@H]1C(=O)O. The van der Waals surface area contributed by atoms with Crippen molar-refractivity contribution in [2.24, 2.45) is 5.73 Å². The molecule has 0 aromatic heterocycles. The van der Waals surface area contributed by atoms with Crippen LogP contribution in [0.15, 0.2) is 0 Å². The zero-order valence-corrected chi connectivity index (χ0v) is 7.92. The Morgan fingerprint density at radius 2 is 2.31 bits per heavy atom. The van der Waals surface area contributed by atoms with Gasteiger partial charge in [-0.25, -0.2) is 4.79 Å². The van der Waals surface area contributed by atoms with Gasteiger partial charge in [0.2, 0.25) is 5.91 Å². The molecule has 0 aromatic carbocycles. The van der Waals surface area contributed by atoms with Gasteiger partial charge in [-0.05, 0) is 6.42 Å². The molecule has 0 unspecified atom stereocenters. The quantitative estimate of drug-likeness (QED) is 0.652. The monoisotopic (exact) mass is 208 g/mol. The molecule has 1 rings (SSSR count). The third-order valence-electron chi connectivity index (χ3n) is 1.98. The summed E-state index contributed by atoms with van der Waals surface area (Å²) in [6.45, 7) is 0.658. The van der Waals surface area contributed by atoms with Crippen LogP contribution in [0.5, 0.6) is 0 Å². The fourth-order valence-corrected chi connectivity index (χ4v) is 1.41. The number of amides is 1. The molecule has 1 aliphatic heterocycles. The summed E-state index contributed by atoms with van der Waals surface area (Å²) in [6.07, 6.45) is 0.741. The molecule has 13 heavy (non-hydrogen) atoms. The van der Waals surface area contributed by atoms with Crippen LogP contribution in [0.2, 0.25) is 0 Å². The molecule has 1 aliphatic rings. The zero-order valence-electron chi connectivity index (χ0n) is 7.10. The topological polar surface area (TPSA) is 83.6 Å². The Morgan fingerprint density at radius 3 is 2.77 bits per heavy atom. The van der Waals surface area contributed by atoms with Crippen LogP contribution >= 0.6 is 12.4 Å². The van der Waals surface area contributed by atoms with Gasteiger partial charge in [0.1, 0.15) is 6.04 Å². The fourth-order valence-electron chi connectivity index (χ4n) is 1.41. The summed E-state index contributed by atoms with van der Waals surface area (Å²) in [5.74, 6) is -1.04. The van der Waals surface area contributed by atoms with Crippen molar-refractivity contribution in [3.63, 3.8) is 0 Å². The van der Waals surface area contributed by atoms with Crippen molar-refractivity contribution in [3.8, 4) is 0 Å². The predicted octanol–water partition coefficient (Wildman–Crippen LogP) is -0.558. The minimum atomic E-state index is -0.936. The average Bonchev–Trinajstić information content (AvgIpc) is 2.34. The maximum atomic E-state index is 11.1. The van der Waals surface area contributed by atoms with E-state index in [-0.39, 0.29) is 18.3 Å². The van der Waals surface area contributed by atoms with Crippen LogP contribution < -0.4 is 5.73 Å². The van der Waals surface area contributed by atoms with Crippen molar-refractivity contribution in [2.45, 2.75) is 18.9 Å². The normalized spacial score (nSPS) is 21.5. The summed E-state index contributed by atoms with van der Waals surface area (Å²) in [5.41, 5.74) is 5.25. The third kappa shape index (κ3) is 2.57. The number of carbonyl (C=O) groups excluding carboxylic acids is 1. The number of aliphatic carboxylic acids is 1. The van der Waals surface area contributed by atoms with E-state index in [2.05, 4.69) is 0 Å². The third-order valence-corrected chi connectivity index (χ3v) is 1.98. The standard InChI is InChI=1S/C7H12N2O3.ClH/c8-3-4-9-5(7(11)12)1-2-6(9)10;/h5H,1-4,8H2,(H,11,12);1H/t5-;/m0./s1. The fraction of sp³-hybridized carbons (Fsp3) is 0.714. The van der Waals surface area contributed by atoms with Gasteiger partial charge in [0, 0.05) is 19.5 Å². The number of halogens is 1. The summed E-state index contributed by atoms with van der Waals surface area (Å²) in [7, 11) is 0. The highest BCUT2D eigenvalue weighted by molar-refractivity contribution is 5.87. The predicted molar refractivity (Wildman–Crippen MR) is 48.7 cm³/mol. The molecule has 3 N–H and O–H groups in total. The van der Waals surface area contributed by atoms with Crippen LogP contribution in [0.4, 0.5) is 0 Å². The second kappa shape index (κ2) is 5.04. The largest absolute Gasteiger partial charge is 0.480 e. The van der Waals surface area contributed by atoms with Crippen molar-refractivity contribution in [1.29, 1.82) is 0 Å². The molecule has 0 radical (unpaired) electrons. The molecule has 0 aliphatic carbocycles. The number of carboxylic acids is 1. The molecule has 1 atom stereocenters. The van der Waals surface area contributed by atoms with Crippen molar-refractivity contribution < 1.29 is 14.7 Å². The second-order valence-corrected chi connectivity index (χ2v) is 2.77. The van der Waals surface area contributed by atoms with Gasteiger partial charge in [-0.1, -0.05) is 0 Å². The van der Waals surface area contributed by atoms with E-state index in [1.165, 1.54) is 4.90 Å². The Kier molecular flexibility index (Phi) is 4.72. The minimum absolute atomic E-state index is 0. The zero-order chi connectivity index (χ0) is 9.14. The number of nitrogens with zero attached hydrogens (tertiary/aromatic N) is 1. The summed E-state index contributed by atoms with van der Waals surface area (Å²) < 4.78 is 0. The van der Waals surface area contributed by atoms with E-state index in [0.29, 0.717) is 25.9 Å². The van der Waals surface area contributed by atoms with Gasteiger partial charge in [-0.3, -0.25) is 4.79 Å². The Balaban J connectivity index is 0.00000144. The number of likely N-dealkylation sites (tertiary alicyclic amines) is 1. The van der Waals surface area contributed by atoms with Crippen LogP contribution in [0.1, 0.15) is 12.8 Å². The molecule has 0 saturated carbocycles. The van der Waals surface area contributed by atoms with Gasteiger partial charge >= 0.3 is 5.97 Å². The number of hydrogen-bond donors (Lipinski definition) is 2. The second-order valence-electron chi connectivity index (χ2n) is 2.77. The average molecular weight is 209 g/mol. The van der Waals surface area contributed by atoms with E-state index in [4.69, 9.17) is 10.8 Å². The van der Waals surface area contributed by atoms with Gasteiger partial charge in [0.15, 0.2) is 0 Å². The molecular weight excluding hydrogens is 196 g/mol. The van der Waals surface area contributed by atoms with Gasteiger partial charge in [-0.2, -0.15) is 0 Å². The molecule has 6 heteroatoms. The highest BCUT2D eigenvalue weighted by Crippen LogP contribution is 2.17. The molecule has 0 aromatic rings. The maximum Gasteiger partial charge on any atom is 0.326 e. The van der Waals surface area contributed by atoms with E-state index in [9.17, 15) is 9.59 Å². The number of hydrogen-bond acceptors (Lipinski definition) is 3. The smallest absolute Gasteiger partial charge is 0.326 e. The Morgan fingerprint density at radius 1 is 1.69 bits per heavy atom. The number of carboxylic acid groups (broad SMARTS) is 1. The Labute approximate surface area is 82.3 Å². The first-order valence-electron chi connectivity index (χ1n) is 3.89. The van der Waals surface area contributed by atoms with Gasteiger partial charge in [-0.15, -0.1) is 12.4 Å². The van der Waals surface area contributed by atoms with Gasteiger partial charge < -0.3 is 15.7 Å². The van der Waals surface area contributed by atoms with Crippen LogP contribution in [0.25, 0.3) is 0 Å². The van der Waals surface area contributed by atoms with Crippen LogP contribution in [-0.4, -0.2) is 41.0 Å². The first kappa shape index (κ1) is 12.2. The number of carbonyl (C=O) groups is 2. The Hall–Kier alpha value is -0.810. The van der Waals surface area contributed by atoms with Crippen molar-refractivity contribution in [2.75, 3.05) is 13.1 Å². The summed E-state index contributed by atoms with van der Waals surface area (Å²) in [6, 6.07) is -0.652. The van der Waals surface area contributed by atoms with Gasteiger partial charge in [0.05, 0.1) is 0 Å². The minimum Gasteiger partial charge on any atom is -0.480 e. The summed E-state index contributed by atoms with van der Waals surface area (Å²) >= 11 is 0. The molecule has 1 fully saturated rings. The van der Waals surface area contributed by atoms with Crippen molar-refractivity contribution in [1.82, 2.24) is 4.90 Å². The van der Waals surface area contributed by atoms with Crippen LogP contribution in [0, 0.1) is 0 Å². The molecule has 1 amide bonds. The first-order chi connectivity index (χ1) is 5.66. The van der Waals surface area contributed by atoms with E-state index in [1.807, 2.05) is 0 Å². The van der Waals surface area contributed by atoms with E-state index >= 15 is 0 Å². The lowest BCUT2D eigenvalue weighted by Gasteiger charge is -2.20. The van der Waals surface area contributed by atoms with Crippen molar-refractivity contribution >= 4 is 24.3 Å². The highest BCUT2D eigenvalue weighted by atomic mass is 35.5. The number of nitrogens with two attached hydrogens (primary N) is 1. The summed E-state index contributed by atoms with van der Waals surface area (Å²) in [5, 5.41) is 8.69. The molecule has 1 heterocycles. The van der Waals surface area contributed by atoms with E-state index in [0.717, 1.165) is 0 Å². The molecule has 0 spiro atoms. The first-order valence-corrected chi connectivity index (χ1v) is 3.89. The van der Waals surface area contributed by atoms with E-state index in [1.54, 1.807) is 0 Å². The summed E-state index contributed by atoms with van der Waals surface area (Å²) in [4.78, 5) is 23.0. The van der Waals surface area contributed by atoms with Crippen LogP contribution in [0.3, 0.4) is 0 Å². The number of rotatable bonds is 3. The molecule has 0 bridgehead atoms. The maximum absolute atomic E-state index is 11.1. The molecule has 1 saturated heterocycles. The van der Waals surface area contributed by atoms with E-state index < -0.39 is 12.0 Å². The van der Waals surface area contributed by atoms with Crippen molar-refractivity contribution in [3.05, 3.63) is 0 Å². The lowest BCUT2D eigenvalue weighted by molar-refractivity contribution is -0.146. The molecule has 5 nitrogen and oxygen atoms in total. The molecule has 76 valence electrons. The van der Waals surface area contributed by atoms with Crippen LogP contribution in [-0.2, 0) is 9.59 Å².